The highest BCUT2D eigenvalue weighted by Crippen LogP contribution is 2.35. The third-order valence-corrected chi connectivity index (χ3v) is 6.24. The van der Waals surface area contributed by atoms with E-state index in [2.05, 4.69) is 45.5 Å². The molecule has 1 amide bonds. The average Bonchev–Trinajstić information content (AvgIpc) is 2.81. The van der Waals surface area contributed by atoms with Crippen LogP contribution in [0.3, 0.4) is 0 Å². The number of hydrogen-bond donors (Lipinski definition) is 1. The Morgan fingerprint density at radius 1 is 1.00 bits per heavy atom. The first-order valence-electron chi connectivity index (χ1n) is 10.9. The Balaban J connectivity index is 1.39. The van der Waals surface area contributed by atoms with Gasteiger partial charge in [-0.15, -0.1) is 0 Å². The van der Waals surface area contributed by atoms with E-state index >= 15 is 0 Å². The molecule has 0 atom stereocenters. The van der Waals surface area contributed by atoms with Crippen LogP contribution in [-0.4, -0.2) is 68.4 Å². The van der Waals surface area contributed by atoms with Crippen LogP contribution < -0.4 is 5.32 Å². The number of ether oxygens (including phenoxy) is 2. The Labute approximate surface area is 178 Å². The number of aromatic nitrogens is 1. The van der Waals surface area contributed by atoms with Gasteiger partial charge in [-0.05, 0) is 42.0 Å². The third kappa shape index (κ3) is 5.25. The zero-order valence-corrected chi connectivity index (χ0v) is 17.5. The summed E-state index contributed by atoms with van der Waals surface area (Å²) < 4.78 is 11.0. The van der Waals surface area contributed by atoms with Crippen LogP contribution in [0.2, 0.25) is 0 Å². The van der Waals surface area contributed by atoms with Gasteiger partial charge in [-0.25, -0.2) is 0 Å². The van der Waals surface area contributed by atoms with Gasteiger partial charge in [0, 0.05) is 51.8 Å². The predicted molar refractivity (Wildman–Crippen MR) is 116 cm³/mol. The molecule has 0 bridgehead atoms. The summed E-state index contributed by atoms with van der Waals surface area (Å²) in [7, 11) is 0. The lowest BCUT2D eigenvalue weighted by atomic mass is 9.74. The van der Waals surface area contributed by atoms with Crippen LogP contribution in [0.1, 0.15) is 18.4 Å². The van der Waals surface area contributed by atoms with Crippen LogP contribution in [0.5, 0.6) is 0 Å². The number of nitrogens with zero attached hydrogens (tertiary/aromatic N) is 2. The van der Waals surface area contributed by atoms with E-state index in [1.807, 2.05) is 12.3 Å². The minimum absolute atomic E-state index is 0.162. The fraction of sp³-hybridized carbons (Fsp3) is 0.500. The molecule has 2 fully saturated rings. The Morgan fingerprint density at radius 2 is 1.73 bits per heavy atom. The number of nitrogens with one attached hydrogen (secondary N) is 1. The monoisotopic (exact) mass is 409 g/mol. The minimum Gasteiger partial charge on any atom is -0.381 e. The maximum absolute atomic E-state index is 13.2. The molecule has 30 heavy (non-hydrogen) atoms. The largest absolute Gasteiger partial charge is 0.381 e. The lowest BCUT2D eigenvalue weighted by Crippen LogP contribution is -2.48. The van der Waals surface area contributed by atoms with Crippen molar-refractivity contribution in [3.05, 3.63) is 54.4 Å². The molecule has 1 N–H and O–H groups in total. The van der Waals surface area contributed by atoms with Crippen molar-refractivity contribution in [1.29, 1.82) is 0 Å². The van der Waals surface area contributed by atoms with Crippen LogP contribution in [0.4, 0.5) is 0 Å². The highest BCUT2D eigenvalue weighted by atomic mass is 16.5. The van der Waals surface area contributed by atoms with Crippen molar-refractivity contribution in [3.63, 3.8) is 0 Å². The Morgan fingerprint density at radius 3 is 2.43 bits per heavy atom. The summed E-state index contributed by atoms with van der Waals surface area (Å²) >= 11 is 0. The van der Waals surface area contributed by atoms with Crippen LogP contribution >= 0.6 is 0 Å². The summed E-state index contributed by atoms with van der Waals surface area (Å²) in [6, 6.07) is 12.5. The number of morpholine rings is 1. The second kappa shape index (κ2) is 10.2. The summed E-state index contributed by atoms with van der Waals surface area (Å²) in [6.45, 7) is 6.29. The average molecular weight is 410 g/mol. The molecule has 2 aromatic rings. The number of benzene rings is 1. The van der Waals surface area contributed by atoms with Crippen LogP contribution in [0, 0.1) is 5.41 Å². The van der Waals surface area contributed by atoms with Crippen LogP contribution in [0.15, 0.2) is 48.8 Å². The molecule has 6 nitrogen and oxygen atoms in total. The number of carbonyl (C=O) groups is 1. The van der Waals surface area contributed by atoms with E-state index in [-0.39, 0.29) is 11.3 Å². The van der Waals surface area contributed by atoms with Gasteiger partial charge in [0.2, 0.25) is 5.91 Å². The van der Waals surface area contributed by atoms with Gasteiger partial charge in [-0.2, -0.15) is 0 Å². The Kier molecular flexibility index (Phi) is 7.10. The molecular formula is C24H31N3O3. The molecule has 0 saturated carbocycles. The molecule has 1 aromatic carbocycles. The van der Waals surface area contributed by atoms with Gasteiger partial charge < -0.3 is 14.8 Å². The maximum Gasteiger partial charge on any atom is 0.226 e. The Bertz CT molecular complexity index is 798. The highest BCUT2D eigenvalue weighted by molar-refractivity contribution is 5.83. The number of pyridine rings is 1. The first-order chi connectivity index (χ1) is 14.8. The van der Waals surface area contributed by atoms with Gasteiger partial charge in [-0.1, -0.05) is 30.3 Å². The topological polar surface area (TPSA) is 63.7 Å². The van der Waals surface area contributed by atoms with Gasteiger partial charge in [-0.3, -0.25) is 14.7 Å². The SMILES string of the molecule is O=C(NCCN1CCOCC1)C1(Cc2ccc(-c3cccnc3)cc2)CCOCC1. The standard InChI is InChI=1S/C24H31N3O3/c28-23(26-10-11-27-12-16-30-17-13-27)24(7-14-29-15-8-24)18-20-3-5-21(6-4-20)22-2-1-9-25-19-22/h1-6,9,19H,7-8,10-18H2,(H,26,28). The summed E-state index contributed by atoms with van der Waals surface area (Å²) in [6.07, 6.45) is 5.93. The molecule has 6 heteroatoms. The van der Waals surface area contributed by atoms with Crippen molar-refractivity contribution < 1.29 is 14.3 Å². The van der Waals surface area contributed by atoms with E-state index < -0.39 is 0 Å². The summed E-state index contributed by atoms with van der Waals surface area (Å²) in [4.78, 5) is 19.8. The minimum atomic E-state index is -0.390. The summed E-state index contributed by atoms with van der Waals surface area (Å²) in [5.74, 6) is 0.162. The van der Waals surface area contributed by atoms with E-state index in [4.69, 9.17) is 9.47 Å². The molecule has 160 valence electrons. The zero-order chi connectivity index (χ0) is 20.7. The molecule has 0 aliphatic carbocycles. The number of amides is 1. The predicted octanol–water partition coefficient (Wildman–Crippen LogP) is 2.54. The van der Waals surface area contributed by atoms with Crippen LogP contribution in [0.25, 0.3) is 11.1 Å². The Hall–Kier alpha value is -2.28. The molecular weight excluding hydrogens is 378 g/mol. The third-order valence-electron chi connectivity index (χ3n) is 6.24. The smallest absolute Gasteiger partial charge is 0.226 e. The van der Waals surface area contributed by atoms with Gasteiger partial charge in [0.15, 0.2) is 0 Å². The zero-order valence-electron chi connectivity index (χ0n) is 17.5. The first-order valence-corrected chi connectivity index (χ1v) is 10.9. The van der Waals surface area contributed by atoms with E-state index in [1.54, 1.807) is 6.20 Å². The second-order valence-corrected chi connectivity index (χ2v) is 8.22. The van der Waals surface area contributed by atoms with E-state index in [9.17, 15) is 4.79 Å². The molecule has 2 aliphatic heterocycles. The molecule has 0 spiro atoms. The summed E-state index contributed by atoms with van der Waals surface area (Å²) in [5.41, 5.74) is 3.04. The van der Waals surface area contributed by atoms with Crippen molar-refractivity contribution in [1.82, 2.24) is 15.2 Å². The molecule has 0 radical (unpaired) electrons. The molecule has 4 rings (SSSR count). The summed E-state index contributed by atoms with van der Waals surface area (Å²) in [5, 5.41) is 3.21. The lowest BCUT2D eigenvalue weighted by molar-refractivity contribution is -0.136. The normalized spacial score (nSPS) is 19.3. The van der Waals surface area contributed by atoms with Crippen LogP contribution in [-0.2, 0) is 20.7 Å². The van der Waals surface area contributed by atoms with Gasteiger partial charge >= 0.3 is 0 Å². The molecule has 2 aliphatic rings. The number of carbonyl (C=O) groups excluding carboxylic acids is 1. The second-order valence-electron chi connectivity index (χ2n) is 8.22. The van der Waals surface area contributed by atoms with Gasteiger partial charge in [0.05, 0.1) is 18.6 Å². The quantitative estimate of drug-likeness (QED) is 0.761. The molecule has 1 aromatic heterocycles. The fourth-order valence-corrected chi connectivity index (χ4v) is 4.33. The van der Waals surface area contributed by atoms with Gasteiger partial charge in [0.25, 0.3) is 0 Å². The van der Waals surface area contributed by atoms with E-state index in [0.29, 0.717) is 19.8 Å². The lowest BCUT2D eigenvalue weighted by Gasteiger charge is -2.36. The van der Waals surface area contributed by atoms with Crippen molar-refractivity contribution >= 4 is 5.91 Å². The number of rotatable bonds is 7. The molecule has 3 heterocycles. The molecule has 2 saturated heterocycles. The van der Waals surface area contributed by atoms with Crippen molar-refractivity contribution in [2.45, 2.75) is 19.3 Å². The first kappa shape index (κ1) is 21.0. The van der Waals surface area contributed by atoms with E-state index in [1.165, 1.54) is 5.56 Å². The highest BCUT2D eigenvalue weighted by Gasteiger charge is 2.39. The fourth-order valence-electron chi connectivity index (χ4n) is 4.33. The van der Waals surface area contributed by atoms with Crippen molar-refractivity contribution in [2.24, 2.45) is 5.41 Å². The molecule has 0 unspecified atom stereocenters. The van der Waals surface area contributed by atoms with E-state index in [0.717, 1.165) is 63.2 Å². The van der Waals surface area contributed by atoms with Crippen molar-refractivity contribution in [3.8, 4) is 11.1 Å². The maximum atomic E-state index is 13.2. The van der Waals surface area contributed by atoms with Gasteiger partial charge in [0.1, 0.15) is 0 Å². The number of hydrogen-bond acceptors (Lipinski definition) is 5. The van der Waals surface area contributed by atoms with Crippen molar-refractivity contribution in [2.75, 3.05) is 52.6 Å².